The summed E-state index contributed by atoms with van der Waals surface area (Å²) in [5, 5.41) is 3.31. The minimum Gasteiger partial charge on any atom is -0.497 e. The fourth-order valence-corrected chi connectivity index (χ4v) is 2.93. The van der Waals surface area contributed by atoms with Crippen molar-refractivity contribution in [2.24, 2.45) is 0 Å². The Kier molecular flexibility index (Phi) is 6.14. The number of nitrogens with one attached hydrogen (secondary N) is 1. The highest BCUT2D eigenvalue weighted by atomic mass is 16.5. The standard InChI is InChI=1S/C21H28N2O3/c1-15(18-9-7-8-10-19(18)26-6)23(4)20(24)21(2,3)22-16-11-13-17(25-5)14-12-16/h7-15,22H,1-6H3. The monoisotopic (exact) mass is 356 g/mol. The Morgan fingerprint density at radius 1 is 1.04 bits per heavy atom. The number of carbonyl (C=O) groups is 1. The summed E-state index contributed by atoms with van der Waals surface area (Å²) in [6.07, 6.45) is 0. The maximum Gasteiger partial charge on any atom is 0.247 e. The lowest BCUT2D eigenvalue weighted by Crippen LogP contribution is -2.49. The van der Waals surface area contributed by atoms with E-state index >= 15 is 0 Å². The molecule has 0 bridgehead atoms. The Balaban J connectivity index is 2.16. The van der Waals surface area contributed by atoms with Gasteiger partial charge in [0, 0.05) is 18.3 Å². The molecule has 5 nitrogen and oxygen atoms in total. The fraction of sp³-hybridized carbons (Fsp3) is 0.381. The van der Waals surface area contributed by atoms with Crippen molar-refractivity contribution in [1.29, 1.82) is 0 Å². The summed E-state index contributed by atoms with van der Waals surface area (Å²) >= 11 is 0. The first-order chi connectivity index (χ1) is 12.3. The van der Waals surface area contributed by atoms with Gasteiger partial charge in [-0.3, -0.25) is 4.79 Å². The van der Waals surface area contributed by atoms with Crippen LogP contribution in [0.2, 0.25) is 0 Å². The Morgan fingerprint density at radius 2 is 1.65 bits per heavy atom. The number of rotatable bonds is 7. The Morgan fingerprint density at radius 3 is 2.23 bits per heavy atom. The van der Waals surface area contributed by atoms with Gasteiger partial charge >= 0.3 is 0 Å². The quantitative estimate of drug-likeness (QED) is 0.811. The number of hydrogen-bond donors (Lipinski definition) is 1. The number of benzene rings is 2. The van der Waals surface area contributed by atoms with E-state index < -0.39 is 5.54 Å². The molecule has 1 N–H and O–H groups in total. The van der Waals surface area contributed by atoms with Crippen molar-refractivity contribution < 1.29 is 14.3 Å². The predicted molar refractivity (Wildman–Crippen MR) is 105 cm³/mol. The van der Waals surface area contributed by atoms with Crippen LogP contribution in [0.1, 0.15) is 32.4 Å². The number of amides is 1. The van der Waals surface area contributed by atoms with E-state index in [9.17, 15) is 4.79 Å². The molecule has 0 saturated heterocycles. The van der Waals surface area contributed by atoms with E-state index in [-0.39, 0.29) is 11.9 Å². The van der Waals surface area contributed by atoms with Crippen LogP contribution in [0.5, 0.6) is 11.5 Å². The van der Waals surface area contributed by atoms with Gasteiger partial charge in [0.05, 0.1) is 20.3 Å². The third kappa shape index (κ3) is 4.28. The van der Waals surface area contributed by atoms with Crippen LogP contribution in [0, 0.1) is 0 Å². The molecular formula is C21H28N2O3. The molecule has 140 valence electrons. The molecule has 0 spiro atoms. The van der Waals surface area contributed by atoms with Gasteiger partial charge in [-0.05, 0) is 51.1 Å². The summed E-state index contributed by atoms with van der Waals surface area (Å²) < 4.78 is 10.6. The summed E-state index contributed by atoms with van der Waals surface area (Å²) in [6, 6.07) is 15.2. The molecule has 0 heterocycles. The molecule has 0 aliphatic rings. The van der Waals surface area contributed by atoms with Crippen LogP contribution in [0.3, 0.4) is 0 Å². The maximum atomic E-state index is 13.1. The second-order valence-electron chi connectivity index (χ2n) is 6.81. The normalized spacial score (nSPS) is 12.2. The molecule has 5 heteroatoms. The van der Waals surface area contributed by atoms with Crippen molar-refractivity contribution in [3.63, 3.8) is 0 Å². The van der Waals surface area contributed by atoms with Crippen LogP contribution in [0.4, 0.5) is 5.69 Å². The number of methoxy groups -OCH3 is 2. The first-order valence-corrected chi connectivity index (χ1v) is 8.62. The zero-order valence-corrected chi connectivity index (χ0v) is 16.4. The number of nitrogens with zero attached hydrogens (tertiary/aromatic N) is 1. The highest BCUT2D eigenvalue weighted by molar-refractivity contribution is 5.88. The van der Waals surface area contributed by atoms with Gasteiger partial charge in [-0.25, -0.2) is 0 Å². The number of hydrogen-bond acceptors (Lipinski definition) is 4. The number of ether oxygens (including phenoxy) is 2. The van der Waals surface area contributed by atoms with E-state index in [2.05, 4.69) is 5.32 Å². The molecule has 0 aromatic heterocycles. The van der Waals surface area contributed by atoms with Gasteiger partial charge in [0.1, 0.15) is 17.0 Å². The topological polar surface area (TPSA) is 50.8 Å². The third-order valence-corrected chi connectivity index (χ3v) is 4.57. The molecule has 0 radical (unpaired) electrons. The lowest BCUT2D eigenvalue weighted by molar-refractivity contribution is -0.135. The molecule has 0 fully saturated rings. The van der Waals surface area contributed by atoms with Crippen molar-refractivity contribution in [2.45, 2.75) is 32.4 Å². The Bertz CT molecular complexity index is 741. The zero-order valence-electron chi connectivity index (χ0n) is 16.4. The molecule has 26 heavy (non-hydrogen) atoms. The molecule has 2 rings (SSSR count). The van der Waals surface area contributed by atoms with Gasteiger partial charge in [0.15, 0.2) is 0 Å². The van der Waals surface area contributed by atoms with Crippen LogP contribution in [-0.4, -0.2) is 37.6 Å². The lowest BCUT2D eigenvalue weighted by Gasteiger charge is -2.35. The number of anilines is 1. The smallest absolute Gasteiger partial charge is 0.247 e. The number of carbonyl (C=O) groups excluding carboxylic acids is 1. The minimum atomic E-state index is -0.764. The summed E-state index contributed by atoms with van der Waals surface area (Å²) in [4.78, 5) is 14.8. The van der Waals surface area contributed by atoms with E-state index in [4.69, 9.17) is 9.47 Å². The van der Waals surface area contributed by atoms with E-state index in [1.807, 2.05) is 76.3 Å². The van der Waals surface area contributed by atoms with Gasteiger partial charge in [0.2, 0.25) is 5.91 Å². The summed E-state index contributed by atoms with van der Waals surface area (Å²) in [5.41, 5.74) is 1.08. The van der Waals surface area contributed by atoms with Crippen molar-refractivity contribution in [3.05, 3.63) is 54.1 Å². The molecular weight excluding hydrogens is 328 g/mol. The van der Waals surface area contributed by atoms with Gasteiger partial charge in [-0.1, -0.05) is 18.2 Å². The second kappa shape index (κ2) is 8.13. The first kappa shape index (κ1) is 19.6. The van der Waals surface area contributed by atoms with Crippen molar-refractivity contribution in [1.82, 2.24) is 4.90 Å². The summed E-state index contributed by atoms with van der Waals surface area (Å²) in [5.74, 6) is 1.55. The second-order valence-corrected chi connectivity index (χ2v) is 6.81. The number of likely N-dealkylation sites (N-methyl/N-ethyl adjacent to an activating group) is 1. The summed E-state index contributed by atoms with van der Waals surface area (Å²) in [7, 11) is 5.09. The zero-order chi connectivity index (χ0) is 19.3. The van der Waals surface area contributed by atoms with Crippen LogP contribution >= 0.6 is 0 Å². The summed E-state index contributed by atoms with van der Waals surface area (Å²) in [6.45, 7) is 5.76. The van der Waals surface area contributed by atoms with Crippen LogP contribution in [0.15, 0.2) is 48.5 Å². The molecule has 2 aromatic carbocycles. The molecule has 0 aliphatic carbocycles. The predicted octanol–water partition coefficient (Wildman–Crippen LogP) is 4.11. The van der Waals surface area contributed by atoms with Crippen LogP contribution in [-0.2, 0) is 4.79 Å². The van der Waals surface area contributed by atoms with E-state index in [1.165, 1.54) is 0 Å². The van der Waals surface area contributed by atoms with Gasteiger partial charge < -0.3 is 19.7 Å². The molecule has 0 saturated carbocycles. The van der Waals surface area contributed by atoms with Gasteiger partial charge in [-0.15, -0.1) is 0 Å². The fourth-order valence-electron chi connectivity index (χ4n) is 2.93. The average molecular weight is 356 g/mol. The first-order valence-electron chi connectivity index (χ1n) is 8.62. The van der Waals surface area contributed by atoms with E-state index in [0.29, 0.717) is 0 Å². The van der Waals surface area contributed by atoms with E-state index in [0.717, 1.165) is 22.7 Å². The Labute approximate surface area is 155 Å². The van der Waals surface area contributed by atoms with Crippen molar-refractivity contribution in [3.8, 4) is 11.5 Å². The average Bonchev–Trinajstić information content (AvgIpc) is 2.66. The van der Waals surface area contributed by atoms with Crippen molar-refractivity contribution in [2.75, 3.05) is 26.6 Å². The lowest BCUT2D eigenvalue weighted by atomic mass is 9.99. The molecule has 1 atom stereocenters. The minimum absolute atomic E-state index is 0.00766. The van der Waals surface area contributed by atoms with Crippen molar-refractivity contribution >= 4 is 11.6 Å². The largest absolute Gasteiger partial charge is 0.497 e. The van der Waals surface area contributed by atoms with E-state index in [1.54, 1.807) is 19.1 Å². The molecule has 1 unspecified atom stereocenters. The third-order valence-electron chi connectivity index (χ3n) is 4.57. The molecule has 1 amide bonds. The SMILES string of the molecule is COc1ccc(NC(C)(C)C(=O)N(C)C(C)c2ccccc2OC)cc1. The highest BCUT2D eigenvalue weighted by Crippen LogP contribution is 2.30. The molecule has 2 aromatic rings. The number of para-hydroxylation sites is 1. The maximum absolute atomic E-state index is 13.1. The van der Waals surface area contributed by atoms with Gasteiger partial charge in [-0.2, -0.15) is 0 Å². The van der Waals surface area contributed by atoms with Crippen LogP contribution < -0.4 is 14.8 Å². The Hall–Kier alpha value is -2.69. The van der Waals surface area contributed by atoms with Crippen LogP contribution in [0.25, 0.3) is 0 Å². The molecule has 0 aliphatic heterocycles. The van der Waals surface area contributed by atoms with Gasteiger partial charge in [0.25, 0.3) is 0 Å². The highest BCUT2D eigenvalue weighted by Gasteiger charge is 2.33.